The molecule has 3 rings (SSSR count). The van der Waals surface area contributed by atoms with Crippen LogP contribution in [0.5, 0.6) is 11.5 Å². The number of aryl methyl sites for hydroxylation is 1. The molecule has 0 heterocycles. The summed E-state index contributed by atoms with van der Waals surface area (Å²) in [6.45, 7) is 4.85. The molecule has 0 atom stereocenters. The van der Waals surface area contributed by atoms with Crippen molar-refractivity contribution < 1.29 is 23.0 Å². The summed E-state index contributed by atoms with van der Waals surface area (Å²) in [5.74, 6) is -2.39. The van der Waals surface area contributed by atoms with Gasteiger partial charge in [-0.25, -0.2) is 9.18 Å². The van der Waals surface area contributed by atoms with Gasteiger partial charge < -0.3 is 9.47 Å². The lowest BCUT2D eigenvalue weighted by Gasteiger charge is -2.10. The van der Waals surface area contributed by atoms with Crippen molar-refractivity contribution in [3.8, 4) is 22.6 Å². The third-order valence-corrected chi connectivity index (χ3v) is 5.66. The van der Waals surface area contributed by atoms with Crippen molar-refractivity contribution in [2.24, 2.45) is 0 Å². The van der Waals surface area contributed by atoms with Crippen LogP contribution >= 0.6 is 0 Å². The molecule has 0 spiro atoms. The maximum atomic E-state index is 14.5. The van der Waals surface area contributed by atoms with Crippen molar-refractivity contribution in [3.05, 3.63) is 83.4 Å². The van der Waals surface area contributed by atoms with E-state index >= 15 is 0 Å². The second-order valence-electron chi connectivity index (χ2n) is 8.35. The van der Waals surface area contributed by atoms with Crippen LogP contribution in [-0.4, -0.2) is 12.6 Å². The number of carbonyl (C=O) groups excluding carboxylic acids is 1. The van der Waals surface area contributed by atoms with E-state index in [0.717, 1.165) is 55.4 Å². The summed E-state index contributed by atoms with van der Waals surface area (Å²) < 4.78 is 39.7. The summed E-state index contributed by atoms with van der Waals surface area (Å²) in [5.41, 5.74) is 2.46. The summed E-state index contributed by atoms with van der Waals surface area (Å²) in [6, 6.07) is 17.3. The van der Waals surface area contributed by atoms with Gasteiger partial charge in [0.2, 0.25) is 5.82 Å². The second kappa shape index (κ2) is 12.9. The summed E-state index contributed by atoms with van der Waals surface area (Å²) in [6.07, 6.45) is 6.57. The molecule has 180 valence electrons. The lowest BCUT2D eigenvalue weighted by molar-refractivity contribution is 0.0726. The molecule has 0 unspecified atom stereocenters. The van der Waals surface area contributed by atoms with Crippen LogP contribution in [0.4, 0.5) is 8.78 Å². The minimum Gasteiger partial charge on any atom is -0.494 e. The SMILES string of the molecule is CCCCCCCc1ccc(OC(=O)c2ccc(-c3ccc(OCCC)cc3)cc2)c(F)c1F. The summed E-state index contributed by atoms with van der Waals surface area (Å²) >= 11 is 0. The topological polar surface area (TPSA) is 35.5 Å². The highest BCUT2D eigenvalue weighted by atomic mass is 19.2. The summed E-state index contributed by atoms with van der Waals surface area (Å²) in [5, 5.41) is 0. The van der Waals surface area contributed by atoms with Crippen molar-refractivity contribution in [2.45, 2.75) is 58.8 Å². The van der Waals surface area contributed by atoms with Gasteiger partial charge in [0.1, 0.15) is 5.75 Å². The highest BCUT2D eigenvalue weighted by Gasteiger charge is 2.18. The van der Waals surface area contributed by atoms with Crippen molar-refractivity contribution in [3.63, 3.8) is 0 Å². The normalized spacial score (nSPS) is 10.8. The molecule has 0 saturated carbocycles. The molecule has 0 aliphatic heterocycles. The Balaban J connectivity index is 1.61. The van der Waals surface area contributed by atoms with Gasteiger partial charge in [0.15, 0.2) is 11.6 Å². The van der Waals surface area contributed by atoms with E-state index in [2.05, 4.69) is 13.8 Å². The molecule has 0 saturated heterocycles. The van der Waals surface area contributed by atoms with Gasteiger partial charge in [-0.2, -0.15) is 4.39 Å². The van der Waals surface area contributed by atoms with Crippen molar-refractivity contribution in [1.29, 1.82) is 0 Å². The van der Waals surface area contributed by atoms with Gasteiger partial charge in [-0.1, -0.05) is 69.9 Å². The van der Waals surface area contributed by atoms with Crippen LogP contribution in [0.1, 0.15) is 68.3 Å². The van der Waals surface area contributed by atoms with Crippen molar-refractivity contribution in [2.75, 3.05) is 6.61 Å². The number of hydrogen-bond acceptors (Lipinski definition) is 3. The molecule has 0 bridgehead atoms. The van der Waals surface area contributed by atoms with Gasteiger partial charge in [0, 0.05) is 0 Å². The second-order valence-corrected chi connectivity index (χ2v) is 8.35. The van der Waals surface area contributed by atoms with E-state index in [1.165, 1.54) is 12.1 Å². The third kappa shape index (κ3) is 6.89. The molecular weight excluding hydrogens is 434 g/mol. The number of halogens is 2. The van der Waals surface area contributed by atoms with Crippen LogP contribution in [0, 0.1) is 11.6 Å². The van der Waals surface area contributed by atoms with E-state index in [1.54, 1.807) is 24.3 Å². The van der Waals surface area contributed by atoms with Gasteiger partial charge in [-0.15, -0.1) is 0 Å². The zero-order valence-electron chi connectivity index (χ0n) is 19.9. The van der Waals surface area contributed by atoms with Gasteiger partial charge >= 0.3 is 5.97 Å². The Labute approximate surface area is 200 Å². The smallest absolute Gasteiger partial charge is 0.343 e. The highest BCUT2D eigenvalue weighted by molar-refractivity contribution is 5.91. The lowest BCUT2D eigenvalue weighted by Crippen LogP contribution is -2.10. The number of ether oxygens (including phenoxy) is 2. The highest BCUT2D eigenvalue weighted by Crippen LogP contribution is 2.26. The number of rotatable bonds is 12. The maximum Gasteiger partial charge on any atom is 0.343 e. The monoisotopic (exact) mass is 466 g/mol. The maximum absolute atomic E-state index is 14.5. The Bertz CT molecular complexity index is 1060. The Morgan fingerprint density at radius 3 is 2.03 bits per heavy atom. The van der Waals surface area contributed by atoms with Crippen LogP contribution < -0.4 is 9.47 Å². The molecule has 0 aromatic heterocycles. The molecule has 3 aromatic carbocycles. The molecule has 0 N–H and O–H groups in total. The van der Waals surface area contributed by atoms with Crippen LogP contribution in [0.15, 0.2) is 60.7 Å². The Morgan fingerprint density at radius 1 is 0.735 bits per heavy atom. The van der Waals surface area contributed by atoms with E-state index in [1.807, 2.05) is 24.3 Å². The summed E-state index contributed by atoms with van der Waals surface area (Å²) in [4.78, 5) is 12.5. The van der Waals surface area contributed by atoms with Crippen molar-refractivity contribution >= 4 is 5.97 Å². The fraction of sp³-hybridized carbons (Fsp3) is 0.345. The Morgan fingerprint density at radius 2 is 1.38 bits per heavy atom. The van der Waals surface area contributed by atoms with E-state index in [4.69, 9.17) is 9.47 Å². The zero-order chi connectivity index (χ0) is 24.3. The predicted molar refractivity (Wildman–Crippen MR) is 131 cm³/mol. The van der Waals surface area contributed by atoms with Gasteiger partial charge in [-0.05, 0) is 66.3 Å². The minimum atomic E-state index is -1.12. The zero-order valence-corrected chi connectivity index (χ0v) is 19.9. The van der Waals surface area contributed by atoms with Crippen LogP contribution in [0.3, 0.4) is 0 Å². The minimum absolute atomic E-state index is 0.256. The molecule has 0 amide bonds. The standard InChI is InChI=1S/C29H32F2O3/c1-3-5-6-7-8-9-23-16-19-26(28(31)27(23)30)34-29(32)24-12-10-21(11-13-24)22-14-17-25(18-15-22)33-20-4-2/h10-19H,3-9,20H2,1-2H3. The Kier molecular flexibility index (Phi) is 9.62. The third-order valence-electron chi connectivity index (χ3n) is 5.66. The largest absolute Gasteiger partial charge is 0.494 e. The molecule has 3 aromatic rings. The fourth-order valence-electron chi connectivity index (χ4n) is 3.68. The summed E-state index contributed by atoms with van der Waals surface area (Å²) in [7, 11) is 0. The predicted octanol–water partition coefficient (Wildman–Crippen LogP) is 8.15. The lowest BCUT2D eigenvalue weighted by atomic mass is 10.0. The molecule has 0 fully saturated rings. The number of unbranched alkanes of at least 4 members (excludes halogenated alkanes) is 4. The van der Waals surface area contributed by atoms with Gasteiger partial charge in [0.05, 0.1) is 12.2 Å². The molecule has 0 radical (unpaired) electrons. The van der Waals surface area contributed by atoms with Crippen LogP contribution in [-0.2, 0) is 6.42 Å². The average Bonchev–Trinajstić information content (AvgIpc) is 2.87. The first-order valence-corrected chi connectivity index (χ1v) is 12.1. The Hall–Kier alpha value is -3.21. The first kappa shape index (κ1) is 25.4. The number of hydrogen-bond donors (Lipinski definition) is 0. The number of benzene rings is 3. The number of esters is 1. The van der Waals surface area contributed by atoms with Crippen LogP contribution in [0.2, 0.25) is 0 Å². The van der Waals surface area contributed by atoms with E-state index in [0.29, 0.717) is 18.6 Å². The molecule has 3 nitrogen and oxygen atoms in total. The first-order chi connectivity index (χ1) is 16.5. The van der Waals surface area contributed by atoms with Crippen LogP contribution in [0.25, 0.3) is 11.1 Å². The van der Waals surface area contributed by atoms with Crippen molar-refractivity contribution in [1.82, 2.24) is 0 Å². The van der Waals surface area contributed by atoms with Gasteiger partial charge in [-0.3, -0.25) is 0 Å². The molecule has 0 aliphatic carbocycles. The van der Waals surface area contributed by atoms with E-state index < -0.39 is 23.4 Å². The molecular formula is C29H32F2O3. The van der Waals surface area contributed by atoms with Gasteiger partial charge in [0.25, 0.3) is 0 Å². The average molecular weight is 467 g/mol. The number of carbonyl (C=O) groups is 1. The first-order valence-electron chi connectivity index (χ1n) is 12.1. The van der Waals surface area contributed by atoms with E-state index in [-0.39, 0.29) is 5.56 Å². The molecule has 5 heteroatoms. The molecule has 34 heavy (non-hydrogen) atoms. The quantitative estimate of drug-likeness (QED) is 0.153. The molecule has 0 aliphatic rings. The van der Waals surface area contributed by atoms with E-state index in [9.17, 15) is 13.6 Å². The fourth-order valence-corrected chi connectivity index (χ4v) is 3.68.